The number of hydrogen-bond donors (Lipinski definition) is 2. The van der Waals surface area contributed by atoms with Crippen molar-refractivity contribution < 1.29 is 18.3 Å². The largest absolute Gasteiger partial charge is 0.459 e. The summed E-state index contributed by atoms with van der Waals surface area (Å²) in [5.41, 5.74) is 5.49. The number of fused-ring (bicyclic) bond motifs is 2. The van der Waals surface area contributed by atoms with Crippen LogP contribution >= 0.6 is 11.6 Å². The summed E-state index contributed by atoms with van der Waals surface area (Å²) in [6.45, 7) is -0.826. The topological polar surface area (TPSA) is 89.6 Å². The molecule has 1 unspecified atom stereocenters. The first-order valence-corrected chi connectivity index (χ1v) is 9.11. The van der Waals surface area contributed by atoms with E-state index in [1.165, 1.54) is 12.3 Å². The standard InChI is InChI=1S/C19H17ClF2N4O2/c20-12-4-6-15(24-9-12)16(27)25-13-5-3-11-2-1-7-18(14(11)8-13)19(21,22)10-28-17(23)26-18/h3-6,8-9H,1-2,7,10H2,(H2,23,26)(H,25,27). The van der Waals surface area contributed by atoms with Crippen LogP contribution in [0.4, 0.5) is 14.5 Å². The molecule has 1 amide bonds. The molecule has 1 aromatic heterocycles. The van der Waals surface area contributed by atoms with Crippen LogP contribution in [0.2, 0.25) is 5.02 Å². The third-order valence-electron chi connectivity index (χ3n) is 5.07. The van der Waals surface area contributed by atoms with Gasteiger partial charge in [0.25, 0.3) is 11.9 Å². The number of nitrogens with two attached hydrogens (primary N) is 1. The highest BCUT2D eigenvalue weighted by molar-refractivity contribution is 6.30. The lowest BCUT2D eigenvalue weighted by molar-refractivity contribution is -0.127. The van der Waals surface area contributed by atoms with Gasteiger partial charge in [0.1, 0.15) is 5.69 Å². The van der Waals surface area contributed by atoms with Crippen LogP contribution in [-0.2, 0) is 16.7 Å². The number of aromatic nitrogens is 1. The fraction of sp³-hybridized carbons (Fsp3) is 0.316. The number of rotatable bonds is 2. The quantitative estimate of drug-likeness (QED) is 0.798. The minimum absolute atomic E-state index is 0.146. The third kappa shape index (κ3) is 3.07. The Morgan fingerprint density at radius 3 is 2.86 bits per heavy atom. The van der Waals surface area contributed by atoms with Gasteiger partial charge >= 0.3 is 5.92 Å². The molecule has 0 fully saturated rings. The molecular formula is C19H17ClF2N4O2. The van der Waals surface area contributed by atoms with Crippen LogP contribution in [0.25, 0.3) is 0 Å². The number of nitrogens with one attached hydrogen (secondary N) is 1. The Balaban J connectivity index is 1.71. The number of nitrogens with zero attached hydrogens (tertiary/aromatic N) is 2. The molecular weight excluding hydrogens is 390 g/mol. The van der Waals surface area contributed by atoms with Crippen molar-refractivity contribution in [1.29, 1.82) is 0 Å². The van der Waals surface area contributed by atoms with Crippen LogP contribution in [0, 0.1) is 0 Å². The van der Waals surface area contributed by atoms with E-state index in [2.05, 4.69) is 15.3 Å². The van der Waals surface area contributed by atoms with Crippen LogP contribution in [0.5, 0.6) is 0 Å². The summed E-state index contributed by atoms with van der Waals surface area (Å²) in [6, 6.07) is 7.73. The van der Waals surface area contributed by atoms with E-state index in [0.717, 1.165) is 5.56 Å². The maximum absolute atomic E-state index is 14.9. The van der Waals surface area contributed by atoms with E-state index in [1.54, 1.807) is 24.3 Å². The van der Waals surface area contributed by atoms with Crippen molar-refractivity contribution in [3.05, 3.63) is 58.4 Å². The number of carbonyl (C=O) groups excluding carboxylic acids is 1. The number of amides is 1. The first-order chi connectivity index (χ1) is 13.3. The first kappa shape index (κ1) is 18.6. The molecule has 2 aliphatic rings. The summed E-state index contributed by atoms with van der Waals surface area (Å²) in [5, 5.41) is 3.09. The van der Waals surface area contributed by atoms with E-state index in [1.807, 2.05) is 0 Å². The van der Waals surface area contributed by atoms with Crippen LogP contribution in [-0.4, -0.2) is 29.4 Å². The molecule has 146 valence electrons. The van der Waals surface area contributed by atoms with Crippen molar-refractivity contribution in [2.24, 2.45) is 10.7 Å². The van der Waals surface area contributed by atoms with Gasteiger partial charge in [0, 0.05) is 11.9 Å². The SMILES string of the molecule is NC1=NC2(CCCc3ccc(NC(=O)c4ccc(Cl)cn4)cc32)C(F)(F)CO1. The zero-order valence-electron chi connectivity index (χ0n) is 14.7. The average molecular weight is 407 g/mol. The number of alkyl halides is 2. The third-order valence-corrected chi connectivity index (χ3v) is 5.29. The molecule has 0 saturated carbocycles. The molecule has 6 nitrogen and oxygen atoms in total. The molecule has 28 heavy (non-hydrogen) atoms. The van der Waals surface area contributed by atoms with Crippen molar-refractivity contribution >= 4 is 29.2 Å². The minimum Gasteiger partial charge on any atom is -0.459 e. The van der Waals surface area contributed by atoms with Crippen LogP contribution in [0.1, 0.15) is 34.5 Å². The molecule has 1 atom stereocenters. The van der Waals surface area contributed by atoms with Gasteiger partial charge in [0.05, 0.1) is 5.02 Å². The number of aliphatic imine (C=N–C) groups is 1. The average Bonchev–Trinajstić information content (AvgIpc) is 2.66. The normalized spacial score (nSPS) is 22.8. The predicted octanol–water partition coefficient (Wildman–Crippen LogP) is 3.50. The van der Waals surface area contributed by atoms with E-state index < -0.39 is 24.0 Å². The molecule has 3 N–H and O–H groups in total. The Kier molecular flexibility index (Phi) is 4.45. The number of ether oxygens (including phenoxy) is 1. The molecule has 1 aliphatic carbocycles. The monoisotopic (exact) mass is 406 g/mol. The molecule has 0 radical (unpaired) electrons. The van der Waals surface area contributed by atoms with Gasteiger partial charge in [-0.25, -0.2) is 9.98 Å². The highest BCUT2D eigenvalue weighted by Crippen LogP contribution is 2.51. The fourth-order valence-corrected chi connectivity index (χ4v) is 3.83. The van der Waals surface area contributed by atoms with Gasteiger partial charge in [-0.15, -0.1) is 0 Å². The van der Waals surface area contributed by atoms with E-state index in [0.29, 0.717) is 29.1 Å². The van der Waals surface area contributed by atoms with Crippen molar-refractivity contribution in [3.8, 4) is 0 Å². The van der Waals surface area contributed by atoms with E-state index in [4.69, 9.17) is 22.1 Å². The Morgan fingerprint density at radius 1 is 1.29 bits per heavy atom. The van der Waals surface area contributed by atoms with E-state index in [-0.39, 0.29) is 18.1 Å². The Labute approximate surface area is 164 Å². The summed E-state index contributed by atoms with van der Waals surface area (Å²) in [5.74, 6) is -3.69. The van der Waals surface area contributed by atoms with Gasteiger partial charge < -0.3 is 15.8 Å². The number of amidine groups is 1. The maximum atomic E-state index is 14.9. The summed E-state index contributed by atoms with van der Waals surface area (Å²) in [6.07, 6.45) is 2.71. The number of anilines is 1. The molecule has 1 aromatic carbocycles. The van der Waals surface area contributed by atoms with E-state index in [9.17, 15) is 13.6 Å². The second-order valence-corrected chi connectivity index (χ2v) is 7.28. The molecule has 1 aliphatic heterocycles. The van der Waals surface area contributed by atoms with E-state index >= 15 is 0 Å². The molecule has 1 spiro atoms. The van der Waals surface area contributed by atoms with Gasteiger partial charge in [-0.3, -0.25) is 4.79 Å². The lowest BCUT2D eigenvalue weighted by Gasteiger charge is -2.43. The first-order valence-electron chi connectivity index (χ1n) is 8.73. The number of aryl methyl sites for hydroxylation is 1. The highest BCUT2D eigenvalue weighted by Gasteiger charge is 2.59. The molecule has 2 aromatic rings. The van der Waals surface area contributed by atoms with Crippen LogP contribution in [0.3, 0.4) is 0 Å². The second-order valence-electron chi connectivity index (χ2n) is 6.84. The summed E-state index contributed by atoms with van der Waals surface area (Å²) >= 11 is 5.78. The summed E-state index contributed by atoms with van der Waals surface area (Å²) < 4.78 is 34.6. The van der Waals surface area contributed by atoms with Gasteiger partial charge in [-0.05, 0) is 54.7 Å². The number of carbonyl (C=O) groups is 1. The minimum atomic E-state index is -3.22. The molecule has 0 bridgehead atoms. The Bertz CT molecular complexity index is 965. The van der Waals surface area contributed by atoms with Crippen molar-refractivity contribution in [3.63, 3.8) is 0 Å². The lowest BCUT2D eigenvalue weighted by atomic mass is 9.72. The van der Waals surface area contributed by atoms with Crippen LogP contribution < -0.4 is 11.1 Å². The van der Waals surface area contributed by atoms with Crippen molar-refractivity contribution in [2.75, 3.05) is 11.9 Å². The molecule has 2 heterocycles. The Morgan fingerprint density at radius 2 is 2.11 bits per heavy atom. The zero-order chi connectivity index (χ0) is 19.9. The maximum Gasteiger partial charge on any atom is 0.310 e. The number of halogens is 3. The number of benzene rings is 1. The molecule has 0 saturated heterocycles. The smallest absolute Gasteiger partial charge is 0.310 e. The zero-order valence-corrected chi connectivity index (χ0v) is 15.5. The fourth-order valence-electron chi connectivity index (χ4n) is 3.71. The number of hydrogen-bond acceptors (Lipinski definition) is 5. The van der Waals surface area contributed by atoms with Crippen molar-refractivity contribution in [1.82, 2.24) is 4.98 Å². The second kappa shape index (κ2) is 6.70. The Hall–Kier alpha value is -2.74. The van der Waals surface area contributed by atoms with Crippen molar-refractivity contribution in [2.45, 2.75) is 30.7 Å². The van der Waals surface area contributed by atoms with Gasteiger partial charge in [-0.2, -0.15) is 8.78 Å². The van der Waals surface area contributed by atoms with Gasteiger partial charge in [-0.1, -0.05) is 17.7 Å². The molecule has 4 rings (SSSR count). The molecule has 9 heteroatoms. The van der Waals surface area contributed by atoms with Gasteiger partial charge in [0.15, 0.2) is 12.1 Å². The summed E-state index contributed by atoms with van der Waals surface area (Å²) in [7, 11) is 0. The summed E-state index contributed by atoms with van der Waals surface area (Å²) in [4.78, 5) is 20.4. The van der Waals surface area contributed by atoms with Crippen LogP contribution in [0.15, 0.2) is 41.5 Å². The number of pyridine rings is 1. The lowest BCUT2D eigenvalue weighted by Crippen LogP contribution is -2.54. The predicted molar refractivity (Wildman–Crippen MR) is 101 cm³/mol. The van der Waals surface area contributed by atoms with Gasteiger partial charge in [0.2, 0.25) is 0 Å². The highest BCUT2D eigenvalue weighted by atomic mass is 35.5.